The molecule has 1 aliphatic rings. The molecule has 140 valence electrons. The number of hydrogen-bond acceptors (Lipinski definition) is 5. The highest BCUT2D eigenvalue weighted by atomic mass is 32.2. The van der Waals surface area contributed by atoms with Gasteiger partial charge in [0.1, 0.15) is 12.7 Å². The van der Waals surface area contributed by atoms with Gasteiger partial charge in [0.05, 0.1) is 17.4 Å². The number of amides is 1. The van der Waals surface area contributed by atoms with Gasteiger partial charge in [0.2, 0.25) is 15.9 Å². The molecule has 1 aromatic heterocycles. The van der Waals surface area contributed by atoms with Crippen molar-refractivity contribution in [3.63, 3.8) is 0 Å². The lowest BCUT2D eigenvalue weighted by atomic mass is 9.98. The van der Waals surface area contributed by atoms with Crippen molar-refractivity contribution in [1.29, 1.82) is 0 Å². The molecular weight excluding hydrogens is 354 g/mol. The normalized spacial score (nSPS) is 18.6. The van der Waals surface area contributed by atoms with Crippen molar-refractivity contribution in [2.75, 3.05) is 24.2 Å². The van der Waals surface area contributed by atoms with Crippen LogP contribution < -0.4 is 5.32 Å². The zero-order chi connectivity index (χ0) is 18.6. The minimum absolute atomic E-state index is 0.127. The van der Waals surface area contributed by atoms with Crippen LogP contribution in [0.2, 0.25) is 0 Å². The van der Waals surface area contributed by atoms with Gasteiger partial charge in [0, 0.05) is 18.8 Å². The largest absolute Gasteiger partial charge is 0.326 e. The number of rotatable bonds is 6. The molecule has 0 unspecified atom stereocenters. The minimum Gasteiger partial charge on any atom is -0.326 e. The van der Waals surface area contributed by atoms with E-state index in [1.165, 1.54) is 4.31 Å². The number of aromatic nitrogens is 3. The Morgan fingerprint density at radius 2 is 2.08 bits per heavy atom. The number of nitrogens with one attached hydrogen (secondary N) is 1. The van der Waals surface area contributed by atoms with Crippen molar-refractivity contribution in [3.8, 4) is 5.69 Å². The Labute approximate surface area is 153 Å². The molecule has 0 saturated carbocycles. The molecule has 1 amide bonds. The van der Waals surface area contributed by atoms with Crippen LogP contribution in [0.5, 0.6) is 0 Å². The average molecular weight is 377 g/mol. The van der Waals surface area contributed by atoms with Crippen LogP contribution in [0.1, 0.15) is 26.2 Å². The van der Waals surface area contributed by atoms with Crippen LogP contribution in [0.15, 0.2) is 36.9 Å². The molecule has 1 saturated heterocycles. The number of benzene rings is 1. The van der Waals surface area contributed by atoms with E-state index in [0.717, 1.165) is 5.69 Å². The first kappa shape index (κ1) is 18.5. The highest BCUT2D eigenvalue weighted by molar-refractivity contribution is 7.89. The van der Waals surface area contributed by atoms with E-state index in [0.29, 0.717) is 31.5 Å². The Hall–Kier alpha value is -2.26. The Bertz CT molecular complexity index is 851. The minimum atomic E-state index is -3.27. The second-order valence-corrected chi connectivity index (χ2v) is 8.51. The highest BCUT2D eigenvalue weighted by Gasteiger charge is 2.31. The van der Waals surface area contributed by atoms with E-state index < -0.39 is 10.0 Å². The van der Waals surface area contributed by atoms with Crippen LogP contribution in [-0.2, 0) is 14.8 Å². The maximum atomic E-state index is 12.6. The fourth-order valence-electron chi connectivity index (χ4n) is 3.12. The predicted molar refractivity (Wildman–Crippen MR) is 98.4 cm³/mol. The molecule has 1 aliphatic heterocycles. The van der Waals surface area contributed by atoms with Gasteiger partial charge in [-0.05, 0) is 37.5 Å². The van der Waals surface area contributed by atoms with Gasteiger partial charge < -0.3 is 5.32 Å². The summed E-state index contributed by atoms with van der Waals surface area (Å²) in [5.74, 6) is -0.362. The highest BCUT2D eigenvalue weighted by Crippen LogP contribution is 2.22. The molecule has 0 radical (unpaired) electrons. The van der Waals surface area contributed by atoms with Crippen molar-refractivity contribution in [1.82, 2.24) is 19.1 Å². The summed E-state index contributed by atoms with van der Waals surface area (Å²) in [4.78, 5) is 12.6. The van der Waals surface area contributed by atoms with E-state index in [4.69, 9.17) is 0 Å². The maximum absolute atomic E-state index is 12.6. The summed E-state index contributed by atoms with van der Waals surface area (Å²) < 4.78 is 27.7. The Morgan fingerprint density at radius 1 is 1.31 bits per heavy atom. The van der Waals surface area contributed by atoms with E-state index in [2.05, 4.69) is 15.5 Å². The third-order valence-corrected chi connectivity index (χ3v) is 6.48. The Morgan fingerprint density at radius 3 is 2.81 bits per heavy atom. The first-order valence-corrected chi connectivity index (χ1v) is 10.3. The second kappa shape index (κ2) is 7.96. The fourth-order valence-corrected chi connectivity index (χ4v) is 4.71. The number of anilines is 1. The van der Waals surface area contributed by atoms with Gasteiger partial charge in [-0.3, -0.25) is 9.36 Å². The number of sulfonamides is 1. The average Bonchev–Trinajstić information content (AvgIpc) is 3.17. The topological polar surface area (TPSA) is 97.2 Å². The first-order chi connectivity index (χ1) is 12.5. The summed E-state index contributed by atoms with van der Waals surface area (Å²) in [5, 5.41) is 10.4. The predicted octanol–water partition coefficient (Wildman–Crippen LogP) is 1.66. The van der Waals surface area contributed by atoms with E-state index in [1.807, 2.05) is 25.1 Å². The SMILES string of the molecule is CCCS(=O)(=O)N1CCC[C@H](C(=O)Nc2cccc(-n3cnnc3)c2)C1. The van der Waals surface area contributed by atoms with E-state index >= 15 is 0 Å². The lowest BCUT2D eigenvalue weighted by Gasteiger charge is -2.31. The van der Waals surface area contributed by atoms with E-state index in [-0.39, 0.29) is 24.1 Å². The lowest BCUT2D eigenvalue weighted by molar-refractivity contribution is -0.120. The summed E-state index contributed by atoms with van der Waals surface area (Å²) in [6, 6.07) is 7.36. The van der Waals surface area contributed by atoms with Crippen molar-refractivity contribution in [2.45, 2.75) is 26.2 Å². The molecule has 26 heavy (non-hydrogen) atoms. The van der Waals surface area contributed by atoms with E-state index in [1.54, 1.807) is 23.3 Å². The molecule has 2 heterocycles. The van der Waals surface area contributed by atoms with Gasteiger partial charge in [-0.2, -0.15) is 0 Å². The zero-order valence-corrected chi connectivity index (χ0v) is 15.5. The summed E-state index contributed by atoms with van der Waals surface area (Å²) in [7, 11) is -3.27. The summed E-state index contributed by atoms with van der Waals surface area (Å²) in [6.07, 6.45) is 5.12. The smallest absolute Gasteiger partial charge is 0.228 e. The molecule has 0 aliphatic carbocycles. The number of carbonyl (C=O) groups is 1. The van der Waals surface area contributed by atoms with Crippen LogP contribution >= 0.6 is 0 Å². The molecule has 3 rings (SSSR count). The number of hydrogen-bond donors (Lipinski definition) is 1. The van der Waals surface area contributed by atoms with Crippen molar-refractivity contribution >= 4 is 21.6 Å². The van der Waals surface area contributed by atoms with Gasteiger partial charge in [-0.1, -0.05) is 13.0 Å². The molecule has 1 atom stereocenters. The zero-order valence-electron chi connectivity index (χ0n) is 14.7. The lowest BCUT2D eigenvalue weighted by Crippen LogP contribution is -2.44. The van der Waals surface area contributed by atoms with Crippen molar-refractivity contribution < 1.29 is 13.2 Å². The maximum Gasteiger partial charge on any atom is 0.228 e. The third kappa shape index (κ3) is 4.28. The molecule has 2 aromatic rings. The van der Waals surface area contributed by atoms with Crippen molar-refractivity contribution in [2.24, 2.45) is 5.92 Å². The quantitative estimate of drug-likeness (QED) is 0.826. The molecule has 8 nitrogen and oxygen atoms in total. The van der Waals surface area contributed by atoms with Crippen LogP contribution in [0.3, 0.4) is 0 Å². The summed E-state index contributed by atoms with van der Waals surface area (Å²) in [5.41, 5.74) is 1.50. The summed E-state index contributed by atoms with van der Waals surface area (Å²) in [6.45, 7) is 2.59. The standard InChI is InChI=1S/C17H23N5O3S/c1-2-9-26(24,25)22-8-4-5-14(11-22)17(23)20-15-6-3-7-16(10-15)21-12-18-19-13-21/h3,6-7,10,12-14H,2,4-5,8-9,11H2,1H3,(H,20,23)/t14-/m0/s1. The number of carbonyl (C=O) groups excluding carboxylic acids is 1. The number of piperidine rings is 1. The van der Waals surface area contributed by atoms with Crippen LogP contribution in [0, 0.1) is 5.92 Å². The van der Waals surface area contributed by atoms with Gasteiger partial charge in [-0.25, -0.2) is 12.7 Å². The molecule has 1 aromatic carbocycles. The van der Waals surface area contributed by atoms with Gasteiger partial charge in [0.25, 0.3) is 0 Å². The first-order valence-electron chi connectivity index (χ1n) is 8.73. The van der Waals surface area contributed by atoms with Gasteiger partial charge >= 0.3 is 0 Å². The molecule has 1 fully saturated rings. The molecule has 9 heteroatoms. The third-order valence-electron chi connectivity index (χ3n) is 4.44. The van der Waals surface area contributed by atoms with Crippen LogP contribution in [0.4, 0.5) is 5.69 Å². The molecule has 0 bridgehead atoms. The van der Waals surface area contributed by atoms with Crippen LogP contribution in [-0.4, -0.2) is 52.2 Å². The summed E-state index contributed by atoms with van der Waals surface area (Å²) >= 11 is 0. The second-order valence-electron chi connectivity index (χ2n) is 6.42. The van der Waals surface area contributed by atoms with Crippen LogP contribution in [0.25, 0.3) is 5.69 Å². The van der Waals surface area contributed by atoms with Gasteiger partial charge in [-0.15, -0.1) is 10.2 Å². The Balaban J connectivity index is 1.67. The van der Waals surface area contributed by atoms with Gasteiger partial charge in [0.15, 0.2) is 0 Å². The van der Waals surface area contributed by atoms with Crippen molar-refractivity contribution in [3.05, 3.63) is 36.9 Å². The fraction of sp³-hybridized carbons (Fsp3) is 0.471. The molecule has 1 N–H and O–H groups in total. The Kier molecular flexibility index (Phi) is 5.67. The molecule has 0 spiro atoms. The number of nitrogens with zero attached hydrogens (tertiary/aromatic N) is 4. The molecular formula is C17H23N5O3S. The monoisotopic (exact) mass is 377 g/mol. The van der Waals surface area contributed by atoms with E-state index in [9.17, 15) is 13.2 Å².